The molecule has 0 fully saturated rings. The summed E-state index contributed by atoms with van der Waals surface area (Å²) in [7, 11) is 0. The van der Waals surface area contributed by atoms with Crippen molar-refractivity contribution in [2.24, 2.45) is 0 Å². The van der Waals surface area contributed by atoms with E-state index in [0.717, 1.165) is 23.1 Å². The van der Waals surface area contributed by atoms with Crippen LogP contribution in [0.3, 0.4) is 0 Å². The summed E-state index contributed by atoms with van der Waals surface area (Å²) in [6.45, 7) is 10.8. The zero-order chi connectivity index (χ0) is 31.4. The summed E-state index contributed by atoms with van der Waals surface area (Å²) in [6.07, 6.45) is 4.82. The van der Waals surface area contributed by atoms with Crippen LogP contribution in [0.15, 0.2) is 128 Å². The van der Waals surface area contributed by atoms with Gasteiger partial charge >= 0.3 is 0 Å². The number of nitrogens with zero attached hydrogens (tertiary/aromatic N) is 3. The molecule has 1 aliphatic carbocycles. The van der Waals surface area contributed by atoms with E-state index in [0.29, 0.717) is 17.5 Å². The molecule has 7 aromatic rings. The predicted molar refractivity (Wildman–Crippen MR) is 195 cm³/mol. The second-order valence-corrected chi connectivity index (χ2v) is 13.4. The third-order valence-electron chi connectivity index (χ3n) is 9.24. The predicted octanol–water partition coefficient (Wildman–Crippen LogP) is 11.5. The van der Waals surface area contributed by atoms with Gasteiger partial charge in [0.2, 0.25) is 0 Å². The van der Waals surface area contributed by atoms with Gasteiger partial charge in [-0.3, -0.25) is 0 Å². The van der Waals surface area contributed by atoms with E-state index in [9.17, 15) is 0 Å². The Morgan fingerprint density at radius 3 is 2.15 bits per heavy atom. The number of hydrogen-bond acceptors (Lipinski definition) is 4. The number of rotatable bonds is 6. The highest BCUT2D eigenvalue weighted by atomic mass is 32.1. The lowest BCUT2D eigenvalue weighted by Crippen LogP contribution is -2.14. The molecule has 0 radical (unpaired) electrons. The van der Waals surface area contributed by atoms with Crippen molar-refractivity contribution in [2.45, 2.75) is 32.6 Å². The van der Waals surface area contributed by atoms with Crippen molar-refractivity contribution in [2.75, 3.05) is 0 Å². The molecule has 0 spiro atoms. The zero-order valence-electron chi connectivity index (χ0n) is 26.2. The van der Waals surface area contributed by atoms with E-state index in [-0.39, 0.29) is 5.41 Å². The fourth-order valence-corrected chi connectivity index (χ4v) is 8.13. The molecule has 2 aromatic heterocycles. The van der Waals surface area contributed by atoms with Crippen molar-refractivity contribution < 1.29 is 0 Å². The topological polar surface area (TPSA) is 38.7 Å². The largest absolute Gasteiger partial charge is 0.208 e. The Balaban J connectivity index is 1.29. The summed E-state index contributed by atoms with van der Waals surface area (Å²) in [5.41, 5.74) is 10.2. The molecule has 5 aromatic carbocycles. The summed E-state index contributed by atoms with van der Waals surface area (Å²) >= 11 is 1.84. The van der Waals surface area contributed by atoms with Crippen molar-refractivity contribution >= 4 is 37.1 Å². The van der Waals surface area contributed by atoms with Crippen LogP contribution in [0.1, 0.15) is 44.1 Å². The lowest BCUT2D eigenvalue weighted by atomic mass is 9.82. The molecule has 0 unspecified atom stereocenters. The molecule has 4 heteroatoms. The number of hydrogen-bond donors (Lipinski definition) is 0. The van der Waals surface area contributed by atoms with Gasteiger partial charge in [0.1, 0.15) is 0 Å². The normalized spacial score (nSPS) is 13.6. The first kappa shape index (κ1) is 28.3. The number of benzene rings is 5. The number of allylic oxidation sites excluding steroid dienone is 3. The van der Waals surface area contributed by atoms with E-state index < -0.39 is 0 Å². The minimum atomic E-state index is -0.110. The van der Waals surface area contributed by atoms with Crippen LogP contribution in [0.25, 0.3) is 70.8 Å². The van der Waals surface area contributed by atoms with Crippen molar-refractivity contribution in [1.82, 2.24) is 15.0 Å². The number of fused-ring (bicyclic) bond motifs is 6. The molecule has 8 rings (SSSR count). The Labute approximate surface area is 273 Å². The summed E-state index contributed by atoms with van der Waals surface area (Å²) in [4.78, 5) is 15.2. The van der Waals surface area contributed by atoms with E-state index in [1.807, 2.05) is 17.4 Å². The first-order chi connectivity index (χ1) is 22.5. The third kappa shape index (κ3) is 4.44. The van der Waals surface area contributed by atoms with Gasteiger partial charge in [-0.05, 0) is 51.9 Å². The van der Waals surface area contributed by atoms with Gasteiger partial charge in [-0.1, -0.05) is 137 Å². The van der Waals surface area contributed by atoms with Crippen LogP contribution in [0, 0.1) is 0 Å². The molecule has 0 N–H and O–H groups in total. The lowest BCUT2D eigenvalue weighted by Gasteiger charge is -2.21. The fraction of sp³-hybridized carbons (Fsp3) is 0.119. The molecule has 1 aliphatic rings. The van der Waals surface area contributed by atoms with Gasteiger partial charge in [-0.2, -0.15) is 0 Å². The third-order valence-corrected chi connectivity index (χ3v) is 10.4. The van der Waals surface area contributed by atoms with Crippen molar-refractivity contribution in [1.29, 1.82) is 0 Å². The van der Waals surface area contributed by atoms with Crippen LogP contribution in [0.4, 0.5) is 0 Å². The molecular formula is C42H33N3S. The highest BCUT2D eigenvalue weighted by Gasteiger charge is 2.37. The van der Waals surface area contributed by atoms with Gasteiger partial charge in [0, 0.05) is 42.3 Å². The summed E-state index contributed by atoms with van der Waals surface area (Å²) in [5.74, 6) is 1.96. The maximum absolute atomic E-state index is 5.15. The molecule has 222 valence electrons. The van der Waals surface area contributed by atoms with Gasteiger partial charge in [-0.25, -0.2) is 15.0 Å². The Kier molecular flexibility index (Phi) is 6.77. The van der Waals surface area contributed by atoms with Crippen LogP contribution >= 0.6 is 11.3 Å². The first-order valence-corrected chi connectivity index (χ1v) is 16.6. The van der Waals surface area contributed by atoms with Gasteiger partial charge in [0.25, 0.3) is 0 Å². The first-order valence-electron chi connectivity index (χ1n) is 15.8. The molecule has 0 saturated heterocycles. The van der Waals surface area contributed by atoms with Crippen LogP contribution < -0.4 is 0 Å². The highest BCUT2D eigenvalue weighted by molar-refractivity contribution is 7.25. The Hall–Kier alpha value is -5.19. The summed E-state index contributed by atoms with van der Waals surface area (Å²) in [5, 5.41) is 2.61. The maximum Gasteiger partial charge on any atom is 0.164 e. The van der Waals surface area contributed by atoms with E-state index in [2.05, 4.69) is 143 Å². The number of aromatic nitrogens is 3. The van der Waals surface area contributed by atoms with Gasteiger partial charge in [0.15, 0.2) is 17.5 Å². The van der Waals surface area contributed by atoms with Crippen molar-refractivity contribution in [3.8, 4) is 45.0 Å². The van der Waals surface area contributed by atoms with E-state index in [1.54, 1.807) is 0 Å². The molecule has 0 atom stereocenters. The molecule has 46 heavy (non-hydrogen) atoms. The van der Waals surface area contributed by atoms with Crippen LogP contribution in [0.5, 0.6) is 0 Å². The van der Waals surface area contributed by atoms with Crippen molar-refractivity contribution in [3.63, 3.8) is 0 Å². The average Bonchev–Trinajstić information content (AvgIpc) is 3.59. The average molecular weight is 612 g/mol. The van der Waals surface area contributed by atoms with Gasteiger partial charge < -0.3 is 0 Å². The van der Waals surface area contributed by atoms with Gasteiger partial charge in [0.05, 0.1) is 0 Å². The quantitative estimate of drug-likeness (QED) is 0.176. The van der Waals surface area contributed by atoms with E-state index in [4.69, 9.17) is 15.0 Å². The Bertz CT molecular complexity index is 2340. The maximum atomic E-state index is 5.15. The molecule has 3 nitrogen and oxygen atoms in total. The van der Waals surface area contributed by atoms with E-state index in [1.165, 1.54) is 53.6 Å². The molecule has 0 bridgehead atoms. The standard InChI is InChI=1S/C42H33N3S/c1-5-13-26(6-2)39-43-40(45-41(44-39)32-17-11-19-34-37(32)30-14-7-9-18-33(30)42(34,3)4)28-24-22-27(23-25-28)29-16-12-21-36-38(29)31-15-8-10-20-35(31)46-36/h6-25H,2,5H2,1,3-4H3/b26-13+. The molecule has 2 heterocycles. The highest BCUT2D eigenvalue weighted by Crippen LogP contribution is 2.51. The Morgan fingerprint density at radius 1 is 0.674 bits per heavy atom. The zero-order valence-corrected chi connectivity index (χ0v) is 27.0. The summed E-state index contributed by atoms with van der Waals surface area (Å²) in [6, 6.07) is 39.1. The lowest BCUT2D eigenvalue weighted by molar-refractivity contribution is 0.660. The van der Waals surface area contributed by atoms with Crippen LogP contribution in [-0.2, 0) is 5.41 Å². The molecule has 0 amide bonds. The fourth-order valence-electron chi connectivity index (χ4n) is 7.00. The van der Waals surface area contributed by atoms with Gasteiger partial charge in [-0.15, -0.1) is 11.3 Å². The summed E-state index contributed by atoms with van der Waals surface area (Å²) < 4.78 is 2.61. The Morgan fingerprint density at radius 2 is 1.33 bits per heavy atom. The second-order valence-electron chi connectivity index (χ2n) is 12.3. The molecule has 0 saturated carbocycles. The molecular weight excluding hydrogens is 579 g/mol. The SMILES string of the molecule is C=C/C(=C\CC)c1nc(-c2ccc(-c3cccc4sc5ccccc5c34)cc2)nc(-c2cccc3c2-c2ccccc2C3(C)C)n1. The van der Waals surface area contributed by atoms with Crippen LogP contribution in [-0.4, -0.2) is 15.0 Å². The monoisotopic (exact) mass is 611 g/mol. The second kappa shape index (κ2) is 11.0. The van der Waals surface area contributed by atoms with Crippen molar-refractivity contribution in [3.05, 3.63) is 145 Å². The number of thiophene rings is 1. The van der Waals surface area contributed by atoms with Crippen LogP contribution in [0.2, 0.25) is 0 Å². The minimum absolute atomic E-state index is 0.110. The van der Waals surface area contributed by atoms with E-state index >= 15 is 0 Å². The smallest absolute Gasteiger partial charge is 0.164 e. The minimum Gasteiger partial charge on any atom is -0.208 e. The molecule has 0 aliphatic heterocycles.